The van der Waals surface area contributed by atoms with Gasteiger partial charge in [0.2, 0.25) is 0 Å². The van der Waals surface area contributed by atoms with Crippen LogP contribution in [0.3, 0.4) is 0 Å². The maximum atomic E-state index is 12.2. The van der Waals surface area contributed by atoms with Gasteiger partial charge in [-0.2, -0.15) is 0 Å². The molecule has 0 amide bonds. The van der Waals surface area contributed by atoms with Crippen LogP contribution in [0.15, 0.2) is 18.2 Å². The van der Waals surface area contributed by atoms with Gasteiger partial charge in [-0.05, 0) is 36.6 Å². The number of Topliss-reactive ketones (excluding diaryl/α,β-unsaturated/α-hetero) is 1. The summed E-state index contributed by atoms with van der Waals surface area (Å²) in [5.74, 6) is 0.0419. The van der Waals surface area contributed by atoms with Crippen molar-refractivity contribution < 1.29 is 4.79 Å². The number of rotatable bonds is 3. The summed E-state index contributed by atoms with van der Waals surface area (Å²) in [5, 5.41) is 1.02. The Morgan fingerprint density at radius 3 is 2.72 bits per heavy atom. The average Bonchev–Trinajstić information content (AvgIpc) is 2.61. The molecule has 98 valence electrons. The molecule has 0 radical (unpaired) electrons. The van der Waals surface area contributed by atoms with Gasteiger partial charge in [-0.25, -0.2) is 0 Å². The summed E-state index contributed by atoms with van der Waals surface area (Å²) in [5.41, 5.74) is 0.826. The first kappa shape index (κ1) is 13.9. The lowest BCUT2D eigenvalue weighted by atomic mass is 9.93. The van der Waals surface area contributed by atoms with Crippen molar-refractivity contribution in [1.82, 2.24) is 4.90 Å². The van der Waals surface area contributed by atoms with E-state index in [1.165, 1.54) is 0 Å². The molecule has 1 saturated heterocycles. The smallest absolute Gasteiger partial charge is 0.178 e. The monoisotopic (exact) mass is 285 g/mol. The van der Waals surface area contributed by atoms with Crippen molar-refractivity contribution in [2.75, 3.05) is 19.6 Å². The maximum Gasteiger partial charge on any atom is 0.178 e. The van der Waals surface area contributed by atoms with E-state index in [1.54, 1.807) is 18.2 Å². The van der Waals surface area contributed by atoms with Crippen LogP contribution in [0.5, 0.6) is 0 Å². The van der Waals surface area contributed by atoms with Crippen molar-refractivity contribution in [3.8, 4) is 0 Å². The molecule has 18 heavy (non-hydrogen) atoms. The number of halogens is 2. The zero-order valence-corrected chi connectivity index (χ0v) is 12.2. The minimum atomic E-state index is 0.0419. The van der Waals surface area contributed by atoms with Crippen molar-refractivity contribution in [3.05, 3.63) is 33.8 Å². The number of hydrogen-bond acceptors (Lipinski definition) is 2. The van der Waals surface area contributed by atoms with E-state index in [2.05, 4.69) is 18.7 Å². The highest BCUT2D eigenvalue weighted by atomic mass is 35.5. The van der Waals surface area contributed by atoms with E-state index in [4.69, 9.17) is 23.2 Å². The van der Waals surface area contributed by atoms with Gasteiger partial charge in [0.1, 0.15) is 0 Å². The second-order valence-electron chi connectivity index (χ2n) is 5.67. The van der Waals surface area contributed by atoms with Crippen LogP contribution in [0, 0.1) is 5.41 Å². The highest BCUT2D eigenvalue weighted by Crippen LogP contribution is 2.29. The lowest BCUT2D eigenvalue weighted by molar-refractivity contribution is 0.0940. The predicted molar refractivity (Wildman–Crippen MR) is 75.6 cm³/mol. The third-order valence-corrected chi connectivity index (χ3v) is 3.92. The second-order valence-corrected chi connectivity index (χ2v) is 6.52. The number of carbonyl (C=O) groups excluding carboxylic acids is 1. The van der Waals surface area contributed by atoms with Crippen LogP contribution in [-0.4, -0.2) is 30.3 Å². The van der Waals surface area contributed by atoms with Gasteiger partial charge in [-0.1, -0.05) is 37.0 Å². The lowest BCUT2D eigenvalue weighted by Crippen LogP contribution is -2.29. The van der Waals surface area contributed by atoms with Gasteiger partial charge in [0.05, 0.1) is 11.6 Å². The molecule has 1 fully saturated rings. The lowest BCUT2D eigenvalue weighted by Gasteiger charge is -2.19. The van der Waals surface area contributed by atoms with Gasteiger partial charge in [0, 0.05) is 17.1 Å². The molecule has 1 heterocycles. The summed E-state index contributed by atoms with van der Waals surface area (Å²) >= 11 is 11.9. The van der Waals surface area contributed by atoms with Crippen LogP contribution in [0.1, 0.15) is 30.6 Å². The molecule has 0 unspecified atom stereocenters. The zero-order chi connectivity index (χ0) is 13.3. The minimum absolute atomic E-state index is 0.0419. The van der Waals surface area contributed by atoms with Crippen LogP contribution >= 0.6 is 23.2 Å². The molecule has 0 spiro atoms. The van der Waals surface area contributed by atoms with Crippen molar-refractivity contribution >= 4 is 29.0 Å². The number of hydrogen-bond donors (Lipinski definition) is 0. The summed E-state index contributed by atoms with van der Waals surface area (Å²) in [6.45, 7) is 6.80. The van der Waals surface area contributed by atoms with E-state index in [0.29, 0.717) is 27.6 Å². The number of likely N-dealkylation sites (tertiary alicyclic amines) is 1. The van der Waals surface area contributed by atoms with Gasteiger partial charge < -0.3 is 0 Å². The Morgan fingerprint density at radius 2 is 2.11 bits per heavy atom. The molecule has 1 aromatic carbocycles. The highest BCUT2D eigenvalue weighted by molar-refractivity contribution is 6.36. The van der Waals surface area contributed by atoms with E-state index >= 15 is 0 Å². The summed E-state index contributed by atoms with van der Waals surface area (Å²) in [6.07, 6.45) is 1.13. The van der Waals surface area contributed by atoms with Crippen molar-refractivity contribution in [2.24, 2.45) is 5.41 Å². The van der Waals surface area contributed by atoms with Gasteiger partial charge >= 0.3 is 0 Å². The maximum absolute atomic E-state index is 12.2. The number of nitrogens with zero attached hydrogens (tertiary/aromatic N) is 1. The zero-order valence-electron chi connectivity index (χ0n) is 10.7. The average molecular weight is 286 g/mol. The first-order valence-corrected chi connectivity index (χ1v) is 6.84. The van der Waals surface area contributed by atoms with E-state index < -0.39 is 0 Å². The topological polar surface area (TPSA) is 20.3 Å². The second kappa shape index (κ2) is 5.20. The summed E-state index contributed by atoms with van der Waals surface area (Å²) in [4.78, 5) is 14.4. The van der Waals surface area contributed by atoms with Crippen molar-refractivity contribution in [3.63, 3.8) is 0 Å². The third-order valence-electron chi connectivity index (χ3n) is 3.35. The molecule has 2 rings (SSSR count). The Kier molecular flexibility index (Phi) is 4.00. The first-order valence-electron chi connectivity index (χ1n) is 6.08. The molecule has 4 heteroatoms. The van der Waals surface area contributed by atoms with Crippen LogP contribution < -0.4 is 0 Å². The van der Waals surface area contributed by atoms with Gasteiger partial charge in [-0.3, -0.25) is 9.69 Å². The molecule has 1 aromatic rings. The SMILES string of the molecule is CC1(C)CCN(CC(=O)c2cc(Cl)ccc2Cl)C1. The largest absolute Gasteiger partial charge is 0.295 e. The Bertz CT molecular complexity index is 471. The van der Waals surface area contributed by atoms with Crippen LogP contribution in [0.2, 0.25) is 10.0 Å². The molecule has 0 bridgehead atoms. The molecular weight excluding hydrogens is 269 g/mol. The van der Waals surface area contributed by atoms with Gasteiger partial charge in [-0.15, -0.1) is 0 Å². The molecule has 2 nitrogen and oxygen atoms in total. The van der Waals surface area contributed by atoms with Crippen LogP contribution in [0.25, 0.3) is 0 Å². The Labute approximate surface area is 118 Å². The third kappa shape index (κ3) is 3.25. The standard InChI is InChI=1S/C14H17Cl2NO/c1-14(2)5-6-17(9-14)8-13(18)11-7-10(15)3-4-12(11)16/h3-4,7H,5-6,8-9H2,1-2H3. The van der Waals surface area contributed by atoms with Crippen LogP contribution in [-0.2, 0) is 0 Å². The van der Waals surface area contributed by atoms with Crippen LogP contribution in [0.4, 0.5) is 0 Å². The van der Waals surface area contributed by atoms with Crippen molar-refractivity contribution in [2.45, 2.75) is 20.3 Å². The molecule has 0 saturated carbocycles. The molecule has 0 N–H and O–H groups in total. The Balaban J connectivity index is 2.06. The molecule has 0 aliphatic carbocycles. The normalized spacial score (nSPS) is 19.1. The predicted octanol–water partition coefficient (Wildman–Crippen LogP) is 3.91. The Morgan fingerprint density at radius 1 is 1.39 bits per heavy atom. The van der Waals surface area contributed by atoms with Gasteiger partial charge in [0.15, 0.2) is 5.78 Å². The van der Waals surface area contributed by atoms with E-state index in [-0.39, 0.29) is 5.78 Å². The molecule has 1 aliphatic rings. The molecular formula is C14H17Cl2NO. The molecule has 0 aromatic heterocycles. The van der Waals surface area contributed by atoms with E-state index in [9.17, 15) is 4.79 Å². The number of carbonyl (C=O) groups is 1. The van der Waals surface area contributed by atoms with E-state index in [0.717, 1.165) is 19.5 Å². The summed E-state index contributed by atoms with van der Waals surface area (Å²) < 4.78 is 0. The summed E-state index contributed by atoms with van der Waals surface area (Å²) in [7, 11) is 0. The quantitative estimate of drug-likeness (QED) is 0.785. The fraction of sp³-hybridized carbons (Fsp3) is 0.500. The Hall–Kier alpha value is -0.570. The molecule has 1 aliphatic heterocycles. The number of ketones is 1. The fourth-order valence-electron chi connectivity index (χ4n) is 2.36. The first-order chi connectivity index (χ1) is 8.37. The van der Waals surface area contributed by atoms with E-state index in [1.807, 2.05) is 0 Å². The highest BCUT2D eigenvalue weighted by Gasteiger charge is 2.30. The molecule has 0 atom stereocenters. The number of benzene rings is 1. The fourth-order valence-corrected chi connectivity index (χ4v) is 2.75. The summed E-state index contributed by atoms with van der Waals surface area (Å²) in [6, 6.07) is 5.01. The van der Waals surface area contributed by atoms with Gasteiger partial charge in [0.25, 0.3) is 0 Å². The minimum Gasteiger partial charge on any atom is -0.295 e. The van der Waals surface area contributed by atoms with Crippen molar-refractivity contribution in [1.29, 1.82) is 0 Å².